The van der Waals surface area contributed by atoms with E-state index in [0.717, 1.165) is 25.7 Å². The number of aliphatic hydroxyl groups excluding tert-OH is 1. The lowest BCUT2D eigenvalue weighted by molar-refractivity contribution is -0.142. The fraction of sp³-hybridized carbons (Fsp3) is 0.571. The highest BCUT2D eigenvalue weighted by Crippen LogP contribution is 2.46. The van der Waals surface area contributed by atoms with Crippen LogP contribution in [0.3, 0.4) is 0 Å². The van der Waals surface area contributed by atoms with Crippen molar-refractivity contribution in [2.75, 3.05) is 0 Å². The van der Waals surface area contributed by atoms with Crippen LogP contribution in [0.2, 0.25) is 0 Å². The molecule has 3 N–H and O–H groups in total. The summed E-state index contributed by atoms with van der Waals surface area (Å²) >= 11 is 0. The summed E-state index contributed by atoms with van der Waals surface area (Å²) < 4.78 is 6.38. The molecule has 1 aromatic rings. The number of hydrogen-bond donors (Lipinski definition) is 3. The van der Waals surface area contributed by atoms with Crippen LogP contribution in [0.4, 0.5) is 0 Å². The molecular weight excluding hydrogens is 446 g/mol. The monoisotopic (exact) mass is 485 g/mol. The molecule has 192 valence electrons. The van der Waals surface area contributed by atoms with Crippen molar-refractivity contribution in [2.45, 2.75) is 104 Å². The number of phenols is 1. The summed E-state index contributed by atoms with van der Waals surface area (Å²) in [6.45, 7) is 10.0. The first kappa shape index (κ1) is 26.8. The van der Waals surface area contributed by atoms with Gasteiger partial charge in [0, 0.05) is 17.5 Å². The SMILES string of the molecule is CC/C(=C\CCC1(C)Oc2c(c(O)cc3c2CN(C(CC)C(=O)O)C3=O)CC1O)CCC=C(C)C. The number of rotatable bonds is 10. The maximum Gasteiger partial charge on any atom is 0.326 e. The lowest BCUT2D eigenvalue weighted by Gasteiger charge is -2.41. The number of aliphatic hydroxyl groups is 1. The Hall–Kier alpha value is -2.80. The quantitative estimate of drug-likeness (QED) is 0.397. The first-order valence-corrected chi connectivity index (χ1v) is 12.6. The molecule has 0 aliphatic carbocycles. The van der Waals surface area contributed by atoms with E-state index in [1.54, 1.807) is 6.92 Å². The second-order valence-corrected chi connectivity index (χ2v) is 10.1. The maximum absolute atomic E-state index is 13.0. The lowest BCUT2D eigenvalue weighted by atomic mass is 9.84. The zero-order chi connectivity index (χ0) is 25.9. The number of amides is 1. The fourth-order valence-corrected chi connectivity index (χ4v) is 5.04. The van der Waals surface area contributed by atoms with Gasteiger partial charge in [0.2, 0.25) is 0 Å². The van der Waals surface area contributed by atoms with Gasteiger partial charge in [-0.3, -0.25) is 4.79 Å². The van der Waals surface area contributed by atoms with Crippen molar-refractivity contribution < 1.29 is 29.6 Å². The summed E-state index contributed by atoms with van der Waals surface area (Å²) in [5.41, 5.74) is 3.12. The van der Waals surface area contributed by atoms with E-state index in [4.69, 9.17) is 4.74 Å². The van der Waals surface area contributed by atoms with Gasteiger partial charge >= 0.3 is 5.97 Å². The summed E-state index contributed by atoms with van der Waals surface area (Å²) in [6.07, 6.45) is 8.44. The molecule has 0 radical (unpaired) electrons. The van der Waals surface area contributed by atoms with E-state index < -0.39 is 29.6 Å². The van der Waals surface area contributed by atoms with Crippen LogP contribution in [-0.4, -0.2) is 49.8 Å². The number of benzene rings is 1. The zero-order valence-corrected chi connectivity index (χ0v) is 21.6. The van der Waals surface area contributed by atoms with Gasteiger partial charge in [-0.05, 0) is 65.4 Å². The Morgan fingerprint density at radius 3 is 2.57 bits per heavy atom. The molecule has 0 bridgehead atoms. The molecule has 0 fully saturated rings. The third-order valence-corrected chi connectivity index (χ3v) is 7.31. The number of carboxylic acid groups (broad SMARTS) is 1. The molecule has 0 aromatic heterocycles. The first-order valence-electron chi connectivity index (χ1n) is 12.6. The van der Waals surface area contributed by atoms with Crippen molar-refractivity contribution in [1.82, 2.24) is 4.90 Å². The third-order valence-electron chi connectivity index (χ3n) is 7.31. The van der Waals surface area contributed by atoms with Gasteiger partial charge in [0.05, 0.1) is 18.2 Å². The highest BCUT2D eigenvalue weighted by molar-refractivity contribution is 6.02. The van der Waals surface area contributed by atoms with Crippen molar-refractivity contribution in [3.05, 3.63) is 46.1 Å². The smallest absolute Gasteiger partial charge is 0.326 e. The number of fused-ring (bicyclic) bond motifs is 3. The second-order valence-electron chi connectivity index (χ2n) is 10.1. The summed E-state index contributed by atoms with van der Waals surface area (Å²) in [5, 5.41) is 31.2. The largest absolute Gasteiger partial charge is 0.508 e. The molecule has 3 unspecified atom stereocenters. The van der Waals surface area contributed by atoms with Crippen LogP contribution in [0.15, 0.2) is 29.4 Å². The van der Waals surface area contributed by atoms with Crippen molar-refractivity contribution in [1.29, 1.82) is 0 Å². The summed E-state index contributed by atoms with van der Waals surface area (Å²) in [6, 6.07) is 0.434. The molecule has 7 nitrogen and oxygen atoms in total. The van der Waals surface area contributed by atoms with Gasteiger partial charge in [0.25, 0.3) is 5.91 Å². The van der Waals surface area contributed by atoms with Crippen LogP contribution in [0.1, 0.15) is 94.6 Å². The van der Waals surface area contributed by atoms with Crippen LogP contribution in [0.25, 0.3) is 0 Å². The van der Waals surface area contributed by atoms with Gasteiger partial charge in [-0.15, -0.1) is 0 Å². The van der Waals surface area contributed by atoms with Crippen LogP contribution in [0, 0.1) is 0 Å². The van der Waals surface area contributed by atoms with E-state index in [1.807, 2.05) is 6.92 Å². The highest BCUT2D eigenvalue weighted by Gasteiger charge is 2.45. The topological polar surface area (TPSA) is 107 Å². The standard InChI is InChI=1S/C28H39NO6/c1-6-18(11-8-10-17(3)4)12-9-13-28(5)24(31)15-20-23(30)14-19-21(25(20)35-28)16-29(26(19)32)22(7-2)27(33)34/h10,12,14,22,24,30-31H,6-9,11,13,15-16H2,1-5H3,(H,33,34)/b18-12+. The molecule has 1 aromatic carbocycles. The molecule has 3 atom stereocenters. The van der Waals surface area contributed by atoms with Gasteiger partial charge in [0.1, 0.15) is 23.1 Å². The molecule has 3 rings (SSSR count). The van der Waals surface area contributed by atoms with E-state index in [0.29, 0.717) is 23.3 Å². The van der Waals surface area contributed by atoms with Gasteiger partial charge in [0.15, 0.2) is 0 Å². The molecule has 0 spiro atoms. The Kier molecular flexibility index (Phi) is 8.31. The van der Waals surface area contributed by atoms with Crippen molar-refractivity contribution in [3.8, 4) is 11.5 Å². The van der Waals surface area contributed by atoms with Crippen LogP contribution in [-0.2, 0) is 17.8 Å². The van der Waals surface area contributed by atoms with E-state index in [1.165, 1.54) is 22.1 Å². The third kappa shape index (κ3) is 5.56. The summed E-state index contributed by atoms with van der Waals surface area (Å²) in [5.74, 6) is -1.18. The molecule has 35 heavy (non-hydrogen) atoms. The lowest BCUT2D eigenvalue weighted by Crippen LogP contribution is -2.49. The average molecular weight is 486 g/mol. The molecule has 2 heterocycles. The van der Waals surface area contributed by atoms with Crippen molar-refractivity contribution in [2.24, 2.45) is 0 Å². The number of phenolic OH excluding ortho intramolecular Hbond substituents is 1. The van der Waals surface area contributed by atoms with Crippen molar-refractivity contribution >= 4 is 11.9 Å². The molecule has 1 amide bonds. The molecule has 2 aliphatic rings. The molecule has 0 saturated carbocycles. The number of nitrogens with zero attached hydrogens (tertiary/aromatic N) is 1. The number of allylic oxidation sites excluding steroid dienone is 4. The van der Waals surface area contributed by atoms with Gasteiger partial charge in [-0.25, -0.2) is 4.79 Å². The Morgan fingerprint density at radius 1 is 1.26 bits per heavy atom. The molecular formula is C28H39NO6. The van der Waals surface area contributed by atoms with Crippen LogP contribution in [0.5, 0.6) is 11.5 Å². The number of carbonyl (C=O) groups excluding carboxylic acids is 1. The number of ether oxygens (including phenoxy) is 1. The Morgan fingerprint density at radius 2 is 1.97 bits per heavy atom. The Balaban J connectivity index is 1.83. The number of hydrogen-bond acceptors (Lipinski definition) is 5. The number of carbonyl (C=O) groups is 2. The van der Waals surface area contributed by atoms with E-state index in [9.17, 15) is 24.9 Å². The maximum atomic E-state index is 13.0. The molecule has 2 aliphatic heterocycles. The van der Waals surface area contributed by atoms with Gasteiger partial charge in [-0.2, -0.15) is 0 Å². The van der Waals surface area contributed by atoms with E-state index >= 15 is 0 Å². The first-order chi connectivity index (χ1) is 16.5. The number of carboxylic acids is 1. The summed E-state index contributed by atoms with van der Waals surface area (Å²) in [4.78, 5) is 26.0. The predicted molar refractivity (Wildman–Crippen MR) is 135 cm³/mol. The van der Waals surface area contributed by atoms with Gasteiger partial charge in [-0.1, -0.05) is 37.1 Å². The van der Waals surface area contributed by atoms with Crippen LogP contribution >= 0.6 is 0 Å². The van der Waals surface area contributed by atoms with Crippen LogP contribution < -0.4 is 4.74 Å². The summed E-state index contributed by atoms with van der Waals surface area (Å²) in [7, 11) is 0. The normalized spacial score (nSPS) is 22.3. The van der Waals surface area contributed by atoms with Crippen molar-refractivity contribution in [3.63, 3.8) is 0 Å². The number of aromatic hydroxyl groups is 1. The highest BCUT2D eigenvalue weighted by atomic mass is 16.5. The fourth-order valence-electron chi connectivity index (χ4n) is 5.04. The van der Waals surface area contributed by atoms with Gasteiger partial charge < -0.3 is 25.0 Å². The minimum absolute atomic E-state index is 0.106. The average Bonchev–Trinajstić information content (AvgIpc) is 3.10. The Bertz CT molecular complexity index is 1040. The molecule has 7 heteroatoms. The van der Waals surface area contributed by atoms with E-state index in [2.05, 4.69) is 32.9 Å². The molecule has 0 saturated heterocycles. The number of aliphatic carboxylic acids is 1. The Labute approximate surface area is 208 Å². The second kappa shape index (κ2) is 10.9. The zero-order valence-electron chi connectivity index (χ0n) is 21.6. The minimum Gasteiger partial charge on any atom is -0.508 e. The minimum atomic E-state index is -1.06. The van der Waals surface area contributed by atoms with E-state index in [-0.39, 0.29) is 30.7 Å². The predicted octanol–water partition coefficient (Wildman–Crippen LogP) is 5.13.